The summed E-state index contributed by atoms with van der Waals surface area (Å²) in [6, 6.07) is 0. The van der Waals surface area contributed by atoms with Gasteiger partial charge in [-0.1, -0.05) is 24.7 Å². The van der Waals surface area contributed by atoms with Crippen LogP contribution in [-0.4, -0.2) is 23.0 Å². The predicted octanol–water partition coefficient (Wildman–Crippen LogP) is 2.05. The number of hydrogen-bond donors (Lipinski definition) is 2. The Hall–Kier alpha value is -0.650. The molecule has 0 saturated carbocycles. The summed E-state index contributed by atoms with van der Waals surface area (Å²) in [6.07, 6.45) is 5.95. The molecule has 1 fully saturated rings. The third kappa shape index (κ3) is 2.93. The Kier molecular flexibility index (Phi) is 4.15. The highest BCUT2D eigenvalue weighted by atomic mass is 32.1. The zero-order valence-electron chi connectivity index (χ0n) is 9.78. The van der Waals surface area contributed by atoms with Crippen LogP contribution < -0.4 is 11.3 Å². The third-order valence-corrected chi connectivity index (χ3v) is 4.15. The molecule has 2 rings (SSSR count). The van der Waals surface area contributed by atoms with E-state index >= 15 is 0 Å². The van der Waals surface area contributed by atoms with Crippen molar-refractivity contribution in [3.8, 4) is 0 Å². The summed E-state index contributed by atoms with van der Waals surface area (Å²) in [4.78, 5) is 8.02. The molecule has 0 spiro atoms. The molecule has 1 aromatic rings. The Bertz CT molecular complexity index is 326. The van der Waals surface area contributed by atoms with Crippen LogP contribution in [0.1, 0.15) is 31.1 Å². The number of nitrogen functional groups attached to an aromatic ring is 1. The Balaban J connectivity index is 1.88. The van der Waals surface area contributed by atoms with Crippen LogP contribution in [0, 0.1) is 5.92 Å². The molecular weight excluding hydrogens is 220 g/mol. The van der Waals surface area contributed by atoms with Gasteiger partial charge in [-0.15, -0.1) is 0 Å². The molecule has 0 aliphatic carbocycles. The van der Waals surface area contributed by atoms with Crippen molar-refractivity contribution in [2.24, 2.45) is 11.8 Å². The van der Waals surface area contributed by atoms with Crippen molar-refractivity contribution < 1.29 is 0 Å². The molecular formula is C11H20N4S. The molecule has 5 heteroatoms. The smallest absolute Gasteiger partial charge is 0.197 e. The van der Waals surface area contributed by atoms with Gasteiger partial charge in [0.05, 0.1) is 0 Å². The fourth-order valence-corrected chi connectivity index (χ4v) is 3.06. The van der Waals surface area contributed by atoms with E-state index in [9.17, 15) is 0 Å². The number of nitrogens with zero attached hydrogens (tertiary/aromatic N) is 2. The van der Waals surface area contributed by atoms with E-state index in [-0.39, 0.29) is 0 Å². The topological polar surface area (TPSA) is 54.2 Å². The lowest BCUT2D eigenvalue weighted by atomic mass is 9.96. The minimum Gasteiger partial charge on any atom is -0.300 e. The number of anilines is 1. The molecule has 0 aromatic carbocycles. The number of nitrogens with two attached hydrogens (primary N) is 1. The third-order valence-electron chi connectivity index (χ3n) is 3.24. The lowest BCUT2D eigenvalue weighted by Gasteiger charge is -2.31. The maximum Gasteiger partial charge on any atom is 0.197 e. The van der Waals surface area contributed by atoms with Crippen molar-refractivity contribution in [3.63, 3.8) is 0 Å². The van der Waals surface area contributed by atoms with E-state index in [4.69, 9.17) is 5.84 Å². The molecule has 2 heterocycles. The average Bonchev–Trinajstić information content (AvgIpc) is 2.77. The fraction of sp³-hybridized carbons (Fsp3) is 0.727. The molecule has 3 N–H and O–H groups in total. The molecule has 1 aliphatic rings. The summed E-state index contributed by atoms with van der Waals surface area (Å²) >= 11 is 1.65. The first-order chi connectivity index (χ1) is 7.81. The van der Waals surface area contributed by atoms with Gasteiger partial charge in [-0.2, -0.15) is 0 Å². The van der Waals surface area contributed by atoms with E-state index in [1.807, 2.05) is 6.20 Å². The summed E-state index contributed by atoms with van der Waals surface area (Å²) in [7, 11) is 0. The molecule has 1 saturated heterocycles. The van der Waals surface area contributed by atoms with Crippen molar-refractivity contribution in [3.05, 3.63) is 11.1 Å². The second-order valence-corrected chi connectivity index (χ2v) is 5.54. The molecule has 1 unspecified atom stereocenters. The maximum absolute atomic E-state index is 5.32. The quantitative estimate of drug-likeness (QED) is 0.625. The Morgan fingerprint density at radius 1 is 1.69 bits per heavy atom. The van der Waals surface area contributed by atoms with E-state index < -0.39 is 0 Å². The standard InChI is InChI=1S/C11H20N4S/c1-2-9-4-3-5-15(7-9)8-10-6-13-11(14-12)16-10/h6,9H,2-5,7-8,12H2,1H3,(H,13,14). The van der Waals surface area contributed by atoms with Crippen LogP contribution in [-0.2, 0) is 6.54 Å². The first-order valence-corrected chi connectivity index (χ1v) is 6.77. The van der Waals surface area contributed by atoms with Gasteiger partial charge in [-0.3, -0.25) is 10.3 Å². The first-order valence-electron chi connectivity index (χ1n) is 5.95. The molecule has 1 aromatic heterocycles. The van der Waals surface area contributed by atoms with Crippen LogP contribution in [0.25, 0.3) is 0 Å². The van der Waals surface area contributed by atoms with Crippen LogP contribution in [0.4, 0.5) is 5.13 Å². The predicted molar refractivity (Wildman–Crippen MR) is 68.2 cm³/mol. The summed E-state index contributed by atoms with van der Waals surface area (Å²) in [5.74, 6) is 6.21. The molecule has 0 bridgehead atoms. The van der Waals surface area contributed by atoms with Crippen molar-refractivity contribution in [1.82, 2.24) is 9.88 Å². The second kappa shape index (κ2) is 5.61. The van der Waals surface area contributed by atoms with E-state index in [0.717, 1.165) is 17.6 Å². The van der Waals surface area contributed by atoms with Crippen LogP contribution >= 0.6 is 11.3 Å². The van der Waals surface area contributed by atoms with Crippen LogP contribution in [0.15, 0.2) is 6.20 Å². The van der Waals surface area contributed by atoms with Crippen molar-refractivity contribution in [2.75, 3.05) is 18.5 Å². The number of hydrazine groups is 1. The maximum atomic E-state index is 5.32. The second-order valence-electron chi connectivity index (χ2n) is 4.43. The normalized spacial score (nSPS) is 22.2. The lowest BCUT2D eigenvalue weighted by molar-refractivity contribution is 0.166. The number of hydrogen-bond acceptors (Lipinski definition) is 5. The summed E-state index contributed by atoms with van der Waals surface area (Å²) in [5, 5.41) is 0.805. The zero-order valence-corrected chi connectivity index (χ0v) is 10.6. The molecule has 1 atom stereocenters. The van der Waals surface area contributed by atoms with Crippen LogP contribution in [0.3, 0.4) is 0 Å². The van der Waals surface area contributed by atoms with Gasteiger partial charge in [0.25, 0.3) is 0 Å². The zero-order chi connectivity index (χ0) is 11.4. The fourth-order valence-electron chi connectivity index (χ4n) is 2.30. The van der Waals surface area contributed by atoms with Crippen LogP contribution in [0.5, 0.6) is 0 Å². The SMILES string of the molecule is CCC1CCCN(Cc2cnc(NN)s2)C1. The lowest BCUT2D eigenvalue weighted by Crippen LogP contribution is -2.34. The van der Waals surface area contributed by atoms with Gasteiger partial charge in [-0.25, -0.2) is 10.8 Å². The minimum atomic E-state index is 0.805. The van der Waals surface area contributed by atoms with E-state index in [1.54, 1.807) is 11.3 Å². The highest BCUT2D eigenvalue weighted by molar-refractivity contribution is 7.15. The van der Waals surface area contributed by atoms with E-state index in [0.29, 0.717) is 0 Å². The highest BCUT2D eigenvalue weighted by Crippen LogP contribution is 2.23. The van der Waals surface area contributed by atoms with Gasteiger partial charge >= 0.3 is 0 Å². The number of likely N-dealkylation sites (tertiary alicyclic amines) is 1. The van der Waals surface area contributed by atoms with E-state index in [1.165, 1.54) is 37.2 Å². The van der Waals surface area contributed by atoms with Crippen molar-refractivity contribution >= 4 is 16.5 Å². The van der Waals surface area contributed by atoms with Crippen molar-refractivity contribution in [2.45, 2.75) is 32.7 Å². The summed E-state index contributed by atoms with van der Waals surface area (Å²) < 4.78 is 0. The number of aromatic nitrogens is 1. The molecule has 1 aliphatic heterocycles. The molecule has 16 heavy (non-hydrogen) atoms. The number of nitrogens with one attached hydrogen (secondary N) is 1. The Morgan fingerprint density at radius 2 is 2.56 bits per heavy atom. The molecule has 4 nitrogen and oxygen atoms in total. The molecule has 90 valence electrons. The molecule has 0 amide bonds. The van der Waals surface area contributed by atoms with Gasteiger partial charge in [0.2, 0.25) is 0 Å². The van der Waals surface area contributed by atoms with Gasteiger partial charge in [-0.05, 0) is 25.3 Å². The van der Waals surface area contributed by atoms with Crippen LogP contribution in [0.2, 0.25) is 0 Å². The number of piperidine rings is 1. The van der Waals surface area contributed by atoms with E-state index in [2.05, 4.69) is 22.2 Å². The first kappa shape index (κ1) is 11.8. The minimum absolute atomic E-state index is 0.805. The Morgan fingerprint density at radius 3 is 3.25 bits per heavy atom. The average molecular weight is 240 g/mol. The highest BCUT2D eigenvalue weighted by Gasteiger charge is 2.18. The largest absolute Gasteiger partial charge is 0.300 e. The van der Waals surface area contributed by atoms with Gasteiger partial charge in [0.15, 0.2) is 5.13 Å². The van der Waals surface area contributed by atoms with Gasteiger partial charge in [0.1, 0.15) is 0 Å². The summed E-state index contributed by atoms with van der Waals surface area (Å²) in [6.45, 7) is 5.77. The van der Waals surface area contributed by atoms with Crippen molar-refractivity contribution in [1.29, 1.82) is 0 Å². The summed E-state index contributed by atoms with van der Waals surface area (Å²) in [5.41, 5.74) is 2.59. The molecule has 0 radical (unpaired) electrons. The number of thiazole rings is 1. The number of rotatable bonds is 4. The monoisotopic (exact) mass is 240 g/mol. The van der Waals surface area contributed by atoms with Gasteiger partial charge < -0.3 is 0 Å². The Labute approximate surface area is 101 Å². The van der Waals surface area contributed by atoms with Gasteiger partial charge in [0, 0.05) is 24.2 Å².